The van der Waals surface area contributed by atoms with Gasteiger partial charge in [-0.3, -0.25) is 4.99 Å². The van der Waals surface area contributed by atoms with Gasteiger partial charge in [0.25, 0.3) is 0 Å². The Hall–Kier alpha value is -2.29. The molecule has 0 aliphatic rings. The van der Waals surface area contributed by atoms with Crippen molar-refractivity contribution in [2.24, 2.45) is 4.99 Å². The fraction of sp³-hybridized carbons (Fsp3) is 0.235. The number of rotatable bonds is 5. The Morgan fingerprint density at radius 3 is 2.55 bits per heavy atom. The monoisotopic (exact) mass is 268 g/mol. The van der Waals surface area contributed by atoms with Crippen LogP contribution in [0.5, 0.6) is 5.75 Å². The number of phenolic OH excluding ortho intramolecular Hbond substituents is 1. The first kappa shape index (κ1) is 14.1. The fourth-order valence-electron chi connectivity index (χ4n) is 2.08. The summed E-state index contributed by atoms with van der Waals surface area (Å²) in [5, 5.41) is 12.9. The largest absolute Gasteiger partial charge is 0.508 e. The van der Waals surface area contributed by atoms with Crippen LogP contribution in [0.3, 0.4) is 0 Å². The number of hydrogen-bond donors (Lipinski definition) is 2. The van der Waals surface area contributed by atoms with E-state index in [1.54, 1.807) is 12.1 Å². The van der Waals surface area contributed by atoms with Crippen LogP contribution in [0.1, 0.15) is 20.3 Å². The third-order valence-corrected chi connectivity index (χ3v) is 3.16. The molecule has 1 unspecified atom stereocenters. The predicted octanol–water partition coefficient (Wildman–Crippen LogP) is 4.38. The van der Waals surface area contributed by atoms with Crippen molar-refractivity contribution in [3.63, 3.8) is 0 Å². The minimum absolute atomic E-state index is 0.150. The molecule has 0 radical (unpaired) electrons. The van der Waals surface area contributed by atoms with Crippen molar-refractivity contribution in [1.29, 1.82) is 0 Å². The molecule has 0 aromatic heterocycles. The van der Waals surface area contributed by atoms with Crippen molar-refractivity contribution in [3.8, 4) is 5.75 Å². The highest BCUT2D eigenvalue weighted by Gasteiger charge is 2.10. The lowest BCUT2D eigenvalue weighted by Crippen LogP contribution is -2.26. The van der Waals surface area contributed by atoms with Crippen molar-refractivity contribution in [2.75, 3.05) is 5.32 Å². The molecule has 0 amide bonds. The van der Waals surface area contributed by atoms with Gasteiger partial charge in [0, 0.05) is 17.5 Å². The van der Waals surface area contributed by atoms with Gasteiger partial charge in [0.2, 0.25) is 0 Å². The summed E-state index contributed by atoms with van der Waals surface area (Å²) >= 11 is 0. The zero-order valence-corrected chi connectivity index (χ0v) is 11.9. The molecule has 2 aromatic carbocycles. The molecule has 0 aliphatic heterocycles. The molecular weight excluding hydrogens is 248 g/mol. The molecule has 2 N–H and O–H groups in total. The van der Waals surface area contributed by atoms with E-state index in [1.165, 1.54) is 0 Å². The number of anilines is 1. The SMILES string of the molecule is CCC(Nc1cccc(O)c1)C(C)=Nc1ccccc1. The molecule has 2 rings (SSSR count). The van der Waals surface area contributed by atoms with Gasteiger partial charge in [0.15, 0.2) is 0 Å². The standard InChI is InChI=1S/C17H20N2O/c1-3-17(19-15-10-7-11-16(20)12-15)13(2)18-14-8-5-4-6-9-14/h4-12,17,19-20H,3H2,1-2H3. The highest BCUT2D eigenvalue weighted by Crippen LogP contribution is 2.18. The molecule has 0 bridgehead atoms. The number of nitrogens with one attached hydrogen (secondary N) is 1. The maximum atomic E-state index is 9.50. The van der Waals surface area contributed by atoms with E-state index in [9.17, 15) is 5.11 Å². The summed E-state index contributed by atoms with van der Waals surface area (Å²) < 4.78 is 0. The topological polar surface area (TPSA) is 44.6 Å². The molecule has 1 atom stereocenters. The summed E-state index contributed by atoms with van der Waals surface area (Å²) in [6.45, 7) is 4.14. The van der Waals surface area contributed by atoms with Gasteiger partial charge in [-0.05, 0) is 37.6 Å². The molecule has 3 nitrogen and oxygen atoms in total. The summed E-state index contributed by atoms with van der Waals surface area (Å²) in [4.78, 5) is 4.64. The number of phenols is 1. The van der Waals surface area contributed by atoms with Crippen LogP contribution in [0.15, 0.2) is 59.6 Å². The van der Waals surface area contributed by atoms with E-state index in [0.717, 1.165) is 23.5 Å². The van der Waals surface area contributed by atoms with Gasteiger partial charge in [-0.25, -0.2) is 0 Å². The molecule has 0 heterocycles. The van der Waals surface area contributed by atoms with Crippen LogP contribution in [-0.4, -0.2) is 16.9 Å². The Bertz CT molecular complexity index is 579. The van der Waals surface area contributed by atoms with Gasteiger partial charge in [-0.2, -0.15) is 0 Å². The Labute approximate surface area is 120 Å². The van der Waals surface area contributed by atoms with Gasteiger partial charge in [-0.1, -0.05) is 31.2 Å². The van der Waals surface area contributed by atoms with Gasteiger partial charge < -0.3 is 10.4 Å². The second-order valence-corrected chi connectivity index (χ2v) is 4.74. The van der Waals surface area contributed by atoms with Gasteiger partial charge >= 0.3 is 0 Å². The summed E-state index contributed by atoms with van der Waals surface area (Å²) in [6, 6.07) is 17.2. The zero-order chi connectivity index (χ0) is 14.4. The Morgan fingerprint density at radius 2 is 1.90 bits per heavy atom. The van der Waals surface area contributed by atoms with E-state index in [0.29, 0.717) is 0 Å². The summed E-state index contributed by atoms with van der Waals surface area (Å²) in [7, 11) is 0. The molecular formula is C17H20N2O. The van der Waals surface area contributed by atoms with Crippen molar-refractivity contribution in [1.82, 2.24) is 0 Å². The molecule has 20 heavy (non-hydrogen) atoms. The maximum Gasteiger partial charge on any atom is 0.117 e. The smallest absolute Gasteiger partial charge is 0.117 e. The van der Waals surface area contributed by atoms with Crippen molar-refractivity contribution in [2.45, 2.75) is 26.3 Å². The van der Waals surface area contributed by atoms with Crippen LogP contribution in [0, 0.1) is 0 Å². The van der Waals surface area contributed by atoms with Crippen LogP contribution < -0.4 is 5.32 Å². The quantitative estimate of drug-likeness (QED) is 0.791. The Balaban J connectivity index is 2.14. The maximum absolute atomic E-state index is 9.50. The van der Waals surface area contributed by atoms with Crippen molar-refractivity contribution in [3.05, 3.63) is 54.6 Å². The molecule has 3 heteroatoms. The van der Waals surface area contributed by atoms with E-state index in [1.807, 2.05) is 49.4 Å². The first-order chi connectivity index (χ1) is 9.69. The normalized spacial score (nSPS) is 13.0. The number of nitrogens with zero attached hydrogens (tertiary/aromatic N) is 1. The van der Waals surface area contributed by atoms with Gasteiger partial charge in [0.1, 0.15) is 5.75 Å². The molecule has 0 saturated heterocycles. The third-order valence-electron chi connectivity index (χ3n) is 3.16. The number of hydrogen-bond acceptors (Lipinski definition) is 3. The second kappa shape index (κ2) is 6.75. The van der Waals surface area contributed by atoms with Crippen LogP contribution in [-0.2, 0) is 0 Å². The molecule has 0 spiro atoms. The van der Waals surface area contributed by atoms with Gasteiger partial charge in [-0.15, -0.1) is 0 Å². The van der Waals surface area contributed by atoms with E-state index >= 15 is 0 Å². The molecule has 0 saturated carbocycles. The number of aliphatic imine (C=N–C) groups is 1. The molecule has 104 valence electrons. The summed E-state index contributed by atoms with van der Waals surface area (Å²) in [6.07, 6.45) is 0.928. The van der Waals surface area contributed by atoms with Crippen LogP contribution >= 0.6 is 0 Å². The highest BCUT2D eigenvalue weighted by molar-refractivity contribution is 5.91. The molecule has 0 aliphatic carbocycles. The average molecular weight is 268 g/mol. The fourth-order valence-corrected chi connectivity index (χ4v) is 2.08. The third kappa shape index (κ3) is 3.85. The second-order valence-electron chi connectivity index (χ2n) is 4.74. The first-order valence-corrected chi connectivity index (χ1v) is 6.85. The minimum atomic E-state index is 0.150. The highest BCUT2D eigenvalue weighted by atomic mass is 16.3. The van der Waals surface area contributed by atoms with E-state index in [2.05, 4.69) is 17.2 Å². The lowest BCUT2D eigenvalue weighted by Gasteiger charge is -2.18. The number of aromatic hydroxyl groups is 1. The van der Waals surface area contributed by atoms with Gasteiger partial charge in [0.05, 0.1) is 11.7 Å². The zero-order valence-electron chi connectivity index (χ0n) is 11.9. The lowest BCUT2D eigenvalue weighted by atomic mass is 10.1. The van der Waals surface area contributed by atoms with E-state index < -0.39 is 0 Å². The number of benzene rings is 2. The predicted molar refractivity (Wildman–Crippen MR) is 85.0 cm³/mol. The average Bonchev–Trinajstić information content (AvgIpc) is 2.46. The Morgan fingerprint density at radius 1 is 1.15 bits per heavy atom. The molecule has 0 fully saturated rings. The minimum Gasteiger partial charge on any atom is -0.508 e. The summed E-state index contributed by atoms with van der Waals surface area (Å²) in [5.41, 5.74) is 2.89. The number of para-hydroxylation sites is 1. The molecule has 2 aromatic rings. The summed E-state index contributed by atoms with van der Waals surface area (Å²) in [5.74, 6) is 0.266. The Kier molecular flexibility index (Phi) is 4.77. The van der Waals surface area contributed by atoms with Crippen molar-refractivity contribution >= 4 is 17.1 Å². The van der Waals surface area contributed by atoms with Crippen LogP contribution in [0.4, 0.5) is 11.4 Å². The van der Waals surface area contributed by atoms with E-state index in [-0.39, 0.29) is 11.8 Å². The lowest BCUT2D eigenvalue weighted by molar-refractivity contribution is 0.475. The first-order valence-electron chi connectivity index (χ1n) is 6.85. The van der Waals surface area contributed by atoms with Crippen LogP contribution in [0.25, 0.3) is 0 Å². The van der Waals surface area contributed by atoms with Crippen LogP contribution in [0.2, 0.25) is 0 Å². The van der Waals surface area contributed by atoms with Crippen molar-refractivity contribution < 1.29 is 5.11 Å². The van der Waals surface area contributed by atoms with E-state index in [4.69, 9.17) is 0 Å².